The van der Waals surface area contributed by atoms with Gasteiger partial charge in [0.05, 0.1) is 11.4 Å². The Bertz CT molecular complexity index is 1080. The molecule has 0 spiro atoms. The first-order valence-corrected chi connectivity index (χ1v) is 12.3. The van der Waals surface area contributed by atoms with Gasteiger partial charge in [-0.25, -0.2) is 0 Å². The SMILES string of the molecule is CCCN(C(=O)CCC(=O)N1CC(=O)Nc2ccccc21)C1CCN(C(=O)c2ccccc2)CC1. The molecule has 0 atom stereocenters. The third-order valence-corrected chi connectivity index (χ3v) is 6.62. The molecule has 8 nitrogen and oxygen atoms in total. The molecule has 0 unspecified atom stereocenters. The monoisotopic (exact) mass is 476 g/mol. The lowest BCUT2D eigenvalue weighted by molar-refractivity contribution is -0.136. The zero-order valence-corrected chi connectivity index (χ0v) is 20.1. The van der Waals surface area contributed by atoms with Crippen molar-refractivity contribution in [1.29, 1.82) is 0 Å². The number of hydrogen-bond donors (Lipinski definition) is 1. The van der Waals surface area contributed by atoms with Crippen molar-refractivity contribution in [1.82, 2.24) is 9.80 Å². The first-order valence-electron chi connectivity index (χ1n) is 12.3. The molecule has 1 saturated heterocycles. The van der Waals surface area contributed by atoms with E-state index in [0.29, 0.717) is 36.6 Å². The van der Waals surface area contributed by atoms with E-state index < -0.39 is 0 Å². The zero-order valence-electron chi connectivity index (χ0n) is 20.1. The van der Waals surface area contributed by atoms with Crippen molar-refractivity contribution in [3.05, 3.63) is 60.2 Å². The number of hydrogen-bond acceptors (Lipinski definition) is 4. The second kappa shape index (κ2) is 11.2. The third kappa shape index (κ3) is 5.70. The Hall–Kier alpha value is -3.68. The summed E-state index contributed by atoms with van der Waals surface area (Å²) in [7, 11) is 0. The highest BCUT2D eigenvalue weighted by Gasteiger charge is 2.31. The number of para-hydroxylation sites is 2. The molecule has 8 heteroatoms. The van der Waals surface area contributed by atoms with Crippen molar-refractivity contribution in [3.63, 3.8) is 0 Å². The van der Waals surface area contributed by atoms with E-state index in [9.17, 15) is 19.2 Å². The fourth-order valence-electron chi connectivity index (χ4n) is 4.84. The molecule has 184 valence electrons. The van der Waals surface area contributed by atoms with Crippen LogP contribution < -0.4 is 10.2 Å². The van der Waals surface area contributed by atoms with Gasteiger partial charge in [-0.3, -0.25) is 19.2 Å². The minimum atomic E-state index is -0.243. The molecule has 1 fully saturated rings. The molecule has 2 heterocycles. The molecule has 0 aromatic heterocycles. The van der Waals surface area contributed by atoms with Gasteiger partial charge >= 0.3 is 0 Å². The second-order valence-electron chi connectivity index (χ2n) is 9.02. The maximum atomic E-state index is 13.2. The Morgan fingerprint density at radius 3 is 2.37 bits per heavy atom. The number of fused-ring (bicyclic) bond motifs is 1. The zero-order chi connectivity index (χ0) is 24.8. The molecular weight excluding hydrogens is 444 g/mol. The highest BCUT2D eigenvalue weighted by Crippen LogP contribution is 2.29. The van der Waals surface area contributed by atoms with Crippen LogP contribution in [0.15, 0.2) is 54.6 Å². The lowest BCUT2D eigenvalue weighted by Gasteiger charge is -2.38. The minimum absolute atomic E-state index is 0.0221. The van der Waals surface area contributed by atoms with E-state index in [1.165, 1.54) is 4.90 Å². The van der Waals surface area contributed by atoms with Gasteiger partial charge in [0.25, 0.3) is 5.91 Å². The van der Waals surface area contributed by atoms with Gasteiger partial charge in [-0.2, -0.15) is 0 Å². The van der Waals surface area contributed by atoms with Crippen molar-refractivity contribution >= 4 is 35.0 Å². The van der Waals surface area contributed by atoms with Crippen LogP contribution >= 0.6 is 0 Å². The quantitative estimate of drug-likeness (QED) is 0.664. The number of carbonyl (C=O) groups excluding carboxylic acids is 4. The summed E-state index contributed by atoms with van der Waals surface area (Å²) in [5.74, 6) is -0.509. The number of nitrogens with zero attached hydrogens (tertiary/aromatic N) is 3. The summed E-state index contributed by atoms with van der Waals surface area (Å²) >= 11 is 0. The number of carbonyl (C=O) groups is 4. The molecular formula is C27H32N4O4. The van der Waals surface area contributed by atoms with Gasteiger partial charge in [-0.1, -0.05) is 37.3 Å². The molecule has 2 aromatic carbocycles. The van der Waals surface area contributed by atoms with E-state index in [1.807, 2.05) is 53.1 Å². The van der Waals surface area contributed by atoms with Crippen molar-refractivity contribution in [2.45, 2.75) is 45.1 Å². The summed E-state index contributed by atoms with van der Waals surface area (Å²) < 4.78 is 0. The van der Waals surface area contributed by atoms with Gasteiger partial charge in [-0.15, -0.1) is 0 Å². The Balaban J connectivity index is 1.33. The summed E-state index contributed by atoms with van der Waals surface area (Å²) in [6.45, 7) is 3.81. The van der Waals surface area contributed by atoms with Crippen LogP contribution in [0.25, 0.3) is 0 Å². The van der Waals surface area contributed by atoms with E-state index in [0.717, 1.165) is 19.3 Å². The van der Waals surface area contributed by atoms with Gasteiger partial charge in [0.2, 0.25) is 17.7 Å². The maximum absolute atomic E-state index is 13.2. The number of piperidine rings is 1. The Labute approximate surface area is 205 Å². The average molecular weight is 477 g/mol. The molecule has 0 aliphatic carbocycles. The van der Waals surface area contributed by atoms with Crippen LogP contribution in [0.5, 0.6) is 0 Å². The van der Waals surface area contributed by atoms with Crippen molar-refractivity contribution < 1.29 is 19.2 Å². The number of rotatable bonds is 7. The molecule has 4 rings (SSSR count). The molecule has 0 saturated carbocycles. The maximum Gasteiger partial charge on any atom is 0.253 e. The summed E-state index contributed by atoms with van der Waals surface area (Å²) in [6, 6.07) is 16.5. The summed E-state index contributed by atoms with van der Waals surface area (Å²) in [6.07, 6.45) is 2.41. The molecule has 1 N–H and O–H groups in total. The van der Waals surface area contributed by atoms with Gasteiger partial charge in [-0.05, 0) is 43.5 Å². The molecule has 0 radical (unpaired) electrons. The molecule has 2 aromatic rings. The first-order chi connectivity index (χ1) is 17.0. The van der Waals surface area contributed by atoms with Crippen LogP contribution in [-0.2, 0) is 14.4 Å². The number of benzene rings is 2. The normalized spacial score (nSPS) is 15.9. The molecule has 2 aliphatic rings. The number of nitrogens with one attached hydrogen (secondary N) is 1. The van der Waals surface area contributed by atoms with Crippen molar-refractivity contribution in [2.24, 2.45) is 0 Å². The lowest BCUT2D eigenvalue weighted by atomic mass is 10.0. The predicted molar refractivity (Wildman–Crippen MR) is 134 cm³/mol. The Kier molecular flexibility index (Phi) is 7.80. The minimum Gasteiger partial charge on any atom is -0.340 e. The summed E-state index contributed by atoms with van der Waals surface area (Å²) in [4.78, 5) is 56.1. The lowest BCUT2D eigenvalue weighted by Crippen LogP contribution is -2.49. The van der Waals surface area contributed by atoms with Crippen LogP contribution in [0, 0.1) is 0 Å². The van der Waals surface area contributed by atoms with Crippen LogP contribution in [0.4, 0.5) is 11.4 Å². The van der Waals surface area contributed by atoms with E-state index in [1.54, 1.807) is 18.2 Å². The van der Waals surface area contributed by atoms with Gasteiger partial charge in [0.1, 0.15) is 6.54 Å². The van der Waals surface area contributed by atoms with E-state index in [-0.39, 0.29) is 49.1 Å². The first kappa shape index (κ1) is 24.4. The predicted octanol–water partition coefficient (Wildman–Crippen LogP) is 3.30. The molecule has 2 aliphatic heterocycles. The third-order valence-electron chi connectivity index (χ3n) is 6.62. The highest BCUT2D eigenvalue weighted by molar-refractivity contribution is 6.10. The summed E-state index contributed by atoms with van der Waals surface area (Å²) in [5.41, 5.74) is 1.94. The smallest absolute Gasteiger partial charge is 0.253 e. The standard InChI is InChI=1S/C27H32N4O4/c1-2-16-30(21-14-17-29(18-15-21)27(35)20-8-4-3-5-9-20)25(33)12-13-26(34)31-19-24(32)28-22-10-6-7-11-23(22)31/h3-11,21H,2,12-19H2,1H3,(H,28,32). The van der Waals surface area contributed by atoms with Gasteiger partial charge in [0, 0.05) is 44.1 Å². The molecule has 4 amide bonds. The largest absolute Gasteiger partial charge is 0.340 e. The average Bonchev–Trinajstić information content (AvgIpc) is 2.90. The number of amides is 4. The van der Waals surface area contributed by atoms with Crippen LogP contribution in [0.3, 0.4) is 0 Å². The van der Waals surface area contributed by atoms with E-state index in [4.69, 9.17) is 0 Å². The number of anilines is 2. The van der Waals surface area contributed by atoms with E-state index in [2.05, 4.69) is 5.32 Å². The topological polar surface area (TPSA) is 90.0 Å². The van der Waals surface area contributed by atoms with Crippen molar-refractivity contribution in [2.75, 3.05) is 36.4 Å². The van der Waals surface area contributed by atoms with Crippen LogP contribution in [0.2, 0.25) is 0 Å². The van der Waals surface area contributed by atoms with Crippen molar-refractivity contribution in [3.8, 4) is 0 Å². The van der Waals surface area contributed by atoms with Gasteiger partial charge < -0.3 is 20.0 Å². The summed E-state index contributed by atoms with van der Waals surface area (Å²) in [5, 5.41) is 2.77. The highest BCUT2D eigenvalue weighted by atomic mass is 16.2. The van der Waals surface area contributed by atoms with Crippen LogP contribution in [0.1, 0.15) is 49.4 Å². The fraction of sp³-hybridized carbons (Fsp3) is 0.407. The van der Waals surface area contributed by atoms with Gasteiger partial charge in [0.15, 0.2) is 0 Å². The molecule has 0 bridgehead atoms. The fourth-order valence-corrected chi connectivity index (χ4v) is 4.84. The second-order valence-corrected chi connectivity index (χ2v) is 9.02. The van der Waals surface area contributed by atoms with E-state index >= 15 is 0 Å². The van der Waals surface area contributed by atoms with Crippen LogP contribution in [-0.4, -0.2) is 65.6 Å². The Morgan fingerprint density at radius 2 is 1.66 bits per heavy atom. The molecule has 35 heavy (non-hydrogen) atoms. The Morgan fingerprint density at radius 1 is 0.971 bits per heavy atom. The number of likely N-dealkylation sites (tertiary alicyclic amines) is 1.